The Morgan fingerprint density at radius 3 is 2.47 bits per heavy atom. The fourth-order valence-corrected chi connectivity index (χ4v) is 2.60. The molecular weight excluding hydrogens is 190 g/mol. The Kier molecular flexibility index (Phi) is 3.01. The molecule has 0 saturated heterocycles. The van der Waals surface area contributed by atoms with E-state index in [1.807, 2.05) is 0 Å². The molecule has 2 saturated carbocycles. The van der Waals surface area contributed by atoms with Crippen molar-refractivity contribution in [1.29, 1.82) is 0 Å². The lowest BCUT2D eigenvalue weighted by Crippen LogP contribution is -2.51. The molecule has 0 spiro atoms. The topological polar surface area (TPSA) is 38.3 Å². The van der Waals surface area contributed by atoms with Crippen LogP contribution in [0.25, 0.3) is 0 Å². The van der Waals surface area contributed by atoms with Gasteiger partial charge in [-0.25, -0.2) is 0 Å². The Balaban J connectivity index is 1.96. The van der Waals surface area contributed by atoms with Gasteiger partial charge in [-0.1, -0.05) is 12.8 Å². The number of ether oxygens (including phenoxy) is 1. The Morgan fingerprint density at radius 2 is 2.00 bits per heavy atom. The van der Waals surface area contributed by atoms with Gasteiger partial charge in [-0.15, -0.1) is 0 Å². The van der Waals surface area contributed by atoms with Crippen molar-refractivity contribution in [3.05, 3.63) is 0 Å². The molecule has 0 aliphatic heterocycles. The van der Waals surface area contributed by atoms with E-state index in [0.717, 1.165) is 0 Å². The predicted molar refractivity (Wildman–Crippen MR) is 58.5 cm³/mol. The van der Waals surface area contributed by atoms with E-state index in [4.69, 9.17) is 4.74 Å². The number of hydrogen-bond donors (Lipinski definition) is 1. The monoisotopic (exact) mass is 211 g/mol. The van der Waals surface area contributed by atoms with Crippen LogP contribution in [0, 0.1) is 5.92 Å². The van der Waals surface area contributed by atoms with Gasteiger partial charge < -0.3 is 4.74 Å². The second kappa shape index (κ2) is 4.12. The SMILES string of the molecule is COC(=O)C(NC1(C)CCCC1)C1CC1. The maximum atomic E-state index is 11.6. The van der Waals surface area contributed by atoms with Crippen LogP contribution in [0.3, 0.4) is 0 Å². The van der Waals surface area contributed by atoms with Crippen LogP contribution in [0.15, 0.2) is 0 Å². The molecule has 2 aliphatic rings. The first-order valence-corrected chi connectivity index (χ1v) is 6.00. The molecule has 0 radical (unpaired) electrons. The van der Waals surface area contributed by atoms with E-state index in [9.17, 15) is 4.79 Å². The number of carbonyl (C=O) groups excluding carboxylic acids is 1. The van der Waals surface area contributed by atoms with Crippen molar-refractivity contribution in [2.45, 2.75) is 57.0 Å². The largest absolute Gasteiger partial charge is 0.468 e. The van der Waals surface area contributed by atoms with E-state index >= 15 is 0 Å². The highest BCUT2D eigenvalue weighted by atomic mass is 16.5. The Morgan fingerprint density at radius 1 is 1.40 bits per heavy atom. The third kappa shape index (κ3) is 2.51. The van der Waals surface area contributed by atoms with Gasteiger partial charge in [-0.05, 0) is 38.5 Å². The summed E-state index contributed by atoms with van der Waals surface area (Å²) in [5.74, 6) is 0.445. The number of nitrogens with one attached hydrogen (secondary N) is 1. The van der Waals surface area contributed by atoms with Gasteiger partial charge in [-0.2, -0.15) is 0 Å². The van der Waals surface area contributed by atoms with Gasteiger partial charge >= 0.3 is 5.97 Å². The summed E-state index contributed by atoms with van der Waals surface area (Å²) in [6.07, 6.45) is 7.27. The van der Waals surface area contributed by atoms with Gasteiger partial charge in [0, 0.05) is 5.54 Å². The number of esters is 1. The first-order valence-electron chi connectivity index (χ1n) is 6.00. The molecule has 0 amide bonds. The van der Waals surface area contributed by atoms with E-state index in [0.29, 0.717) is 5.92 Å². The highest BCUT2D eigenvalue weighted by molar-refractivity contribution is 5.76. The molecule has 3 heteroatoms. The summed E-state index contributed by atoms with van der Waals surface area (Å²) in [7, 11) is 1.48. The lowest BCUT2D eigenvalue weighted by molar-refractivity contribution is -0.144. The predicted octanol–water partition coefficient (Wildman–Crippen LogP) is 1.86. The van der Waals surface area contributed by atoms with E-state index in [2.05, 4.69) is 12.2 Å². The summed E-state index contributed by atoms with van der Waals surface area (Å²) in [6.45, 7) is 2.23. The number of hydrogen-bond acceptors (Lipinski definition) is 3. The van der Waals surface area contributed by atoms with Crippen molar-refractivity contribution in [3.8, 4) is 0 Å². The summed E-state index contributed by atoms with van der Waals surface area (Å²) in [4.78, 5) is 11.6. The molecular formula is C12H21NO2. The molecule has 0 heterocycles. The van der Waals surface area contributed by atoms with Gasteiger partial charge in [-0.3, -0.25) is 10.1 Å². The minimum Gasteiger partial charge on any atom is -0.468 e. The molecule has 1 unspecified atom stereocenters. The van der Waals surface area contributed by atoms with E-state index in [1.165, 1.54) is 45.6 Å². The molecule has 0 aromatic rings. The smallest absolute Gasteiger partial charge is 0.323 e. The minimum atomic E-state index is -0.0781. The Labute approximate surface area is 91.6 Å². The van der Waals surface area contributed by atoms with Gasteiger partial charge in [0.2, 0.25) is 0 Å². The van der Waals surface area contributed by atoms with Crippen LogP contribution in [0.5, 0.6) is 0 Å². The maximum Gasteiger partial charge on any atom is 0.323 e. The van der Waals surface area contributed by atoms with Crippen LogP contribution in [-0.2, 0) is 9.53 Å². The van der Waals surface area contributed by atoms with E-state index in [-0.39, 0.29) is 17.6 Å². The molecule has 0 bridgehead atoms. The van der Waals surface area contributed by atoms with E-state index < -0.39 is 0 Å². The molecule has 3 nitrogen and oxygen atoms in total. The maximum absolute atomic E-state index is 11.6. The first kappa shape index (κ1) is 10.9. The van der Waals surface area contributed by atoms with Crippen molar-refractivity contribution in [1.82, 2.24) is 5.32 Å². The van der Waals surface area contributed by atoms with Crippen molar-refractivity contribution in [2.24, 2.45) is 5.92 Å². The van der Waals surface area contributed by atoms with Crippen LogP contribution in [-0.4, -0.2) is 24.7 Å². The lowest BCUT2D eigenvalue weighted by atomic mass is 9.98. The third-order valence-electron chi connectivity index (χ3n) is 3.76. The standard InChI is InChI=1S/C12H21NO2/c1-12(7-3-4-8-12)13-10(9-5-6-9)11(14)15-2/h9-10,13H,3-8H2,1-2H3. The highest BCUT2D eigenvalue weighted by Crippen LogP contribution is 2.37. The second-order valence-corrected chi connectivity index (χ2v) is 5.25. The molecule has 86 valence electrons. The minimum absolute atomic E-state index is 0.0573. The van der Waals surface area contributed by atoms with Crippen LogP contribution >= 0.6 is 0 Å². The quantitative estimate of drug-likeness (QED) is 0.721. The van der Waals surface area contributed by atoms with Crippen LogP contribution < -0.4 is 5.32 Å². The van der Waals surface area contributed by atoms with Crippen LogP contribution in [0.1, 0.15) is 45.4 Å². The first-order chi connectivity index (χ1) is 7.14. The molecule has 0 aromatic carbocycles. The fraction of sp³-hybridized carbons (Fsp3) is 0.917. The molecule has 2 fully saturated rings. The second-order valence-electron chi connectivity index (χ2n) is 5.25. The molecule has 1 N–H and O–H groups in total. The van der Waals surface area contributed by atoms with Gasteiger partial charge in [0.1, 0.15) is 6.04 Å². The zero-order chi connectivity index (χ0) is 10.9. The van der Waals surface area contributed by atoms with Crippen molar-refractivity contribution in [2.75, 3.05) is 7.11 Å². The third-order valence-corrected chi connectivity index (χ3v) is 3.76. The summed E-state index contributed by atoms with van der Waals surface area (Å²) >= 11 is 0. The molecule has 15 heavy (non-hydrogen) atoms. The van der Waals surface area contributed by atoms with E-state index in [1.54, 1.807) is 0 Å². The molecule has 0 aromatic heterocycles. The van der Waals surface area contributed by atoms with Gasteiger partial charge in [0.15, 0.2) is 0 Å². The van der Waals surface area contributed by atoms with Crippen molar-refractivity contribution < 1.29 is 9.53 Å². The zero-order valence-corrected chi connectivity index (χ0v) is 9.71. The number of rotatable bonds is 4. The summed E-state index contributed by atoms with van der Waals surface area (Å²) in [6, 6.07) is -0.0573. The normalized spacial score (nSPS) is 26.3. The average Bonchev–Trinajstić information content (AvgIpc) is 2.98. The summed E-state index contributed by atoms with van der Waals surface area (Å²) < 4.78 is 4.87. The summed E-state index contributed by atoms with van der Waals surface area (Å²) in [5, 5.41) is 3.53. The molecule has 1 atom stereocenters. The van der Waals surface area contributed by atoms with Crippen LogP contribution in [0.4, 0.5) is 0 Å². The zero-order valence-electron chi connectivity index (χ0n) is 9.71. The lowest BCUT2D eigenvalue weighted by Gasteiger charge is -2.30. The Bertz CT molecular complexity index is 242. The number of methoxy groups -OCH3 is 1. The van der Waals surface area contributed by atoms with Crippen molar-refractivity contribution >= 4 is 5.97 Å². The highest BCUT2D eigenvalue weighted by Gasteiger charge is 2.41. The van der Waals surface area contributed by atoms with Gasteiger partial charge in [0.25, 0.3) is 0 Å². The van der Waals surface area contributed by atoms with Crippen LogP contribution in [0.2, 0.25) is 0 Å². The fourth-order valence-electron chi connectivity index (χ4n) is 2.60. The van der Waals surface area contributed by atoms with Gasteiger partial charge in [0.05, 0.1) is 7.11 Å². The average molecular weight is 211 g/mol. The molecule has 2 rings (SSSR count). The Hall–Kier alpha value is -0.570. The van der Waals surface area contributed by atoms with Crippen molar-refractivity contribution in [3.63, 3.8) is 0 Å². The number of carbonyl (C=O) groups is 1. The molecule has 2 aliphatic carbocycles. The summed E-state index contributed by atoms with van der Waals surface area (Å²) in [5.41, 5.74) is 0.168.